The summed E-state index contributed by atoms with van der Waals surface area (Å²) in [5, 5.41) is 4.13. The van der Waals surface area contributed by atoms with Gasteiger partial charge in [-0.1, -0.05) is 18.2 Å². The van der Waals surface area contributed by atoms with Crippen LogP contribution >= 0.6 is 0 Å². The molecule has 0 fully saturated rings. The molecule has 6 heteroatoms. The van der Waals surface area contributed by atoms with Gasteiger partial charge < -0.3 is 9.47 Å². The Balaban J connectivity index is 1.68. The van der Waals surface area contributed by atoms with Gasteiger partial charge in [-0.25, -0.2) is 8.78 Å². The molecule has 0 aliphatic carbocycles. The Hall–Kier alpha value is -3.41. The van der Waals surface area contributed by atoms with Crippen molar-refractivity contribution in [1.29, 1.82) is 0 Å². The summed E-state index contributed by atoms with van der Waals surface area (Å²) in [6.07, 6.45) is 1.62. The molecule has 28 heavy (non-hydrogen) atoms. The van der Waals surface area contributed by atoms with Crippen LogP contribution < -0.4 is 14.9 Å². The van der Waals surface area contributed by atoms with Gasteiger partial charge in [-0.2, -0.15) is 5.10 Å². The first-order valence-electron chi connectivity index (χ1n) is 8.83. The molecule has 0 radical (unpaired) electrons. The molecule has 0 saturated carbocycles. The minimum Gasteiger partial charge on any atom is -0.490 e. The highest BCUT2D eigenvalue weighted by Crippen LogP contribution is 2.29. The predicted octanol–water partition coefficient (Wildman–Crippen LogP) is 5.39. The first kappa shape index (κ1) is 19.4. The van der Waals surface area contributed by atoms with Crippen LogP contribution in [0.15, 0.2) is 71.8 Å². The lowest BCUT2D eigenvalue weighted by molar-refractivity contribution is 0.266. The van der Waals surface area contributed by atoms with Crippen LogP contribution in [0.25, 0.3) is 0 Å². The highest BCUT2D eigenvalue weighted by atomic mass is 19.1. The standard InChI is InChI=1S/C22H20F2N2O2/c1-2-27-22-13-16(14-25-26-19-10-8-18(23)9-11-19)7-12-21(22)28-15-17-5-3-4-6-20(17)24/h3-14,26H,2,15H2,1H3/b25-14+. The average Bonchev–Trinajstić information content (AvgIpc) is 2.70. The van der Waals surface area contributed by atoms with Crippen molar-refractivity contribution in [3.8, 4) is 11.5 Å². The van der Waals surface area contributed by atoms with Crippen molar-refractivity contribution >= 4 is 11.9 Å². The first-order chi connectivity index (χ1) is 13.7. The third-order valence-corrected chi connectivity index (χ3v) is 3.86. The quantitative estimate of drug-likeness (QED) is 0.420. The zero-order valence-electron chi connectivity index (χ0n) is 15.4. The highest BCUT2D eigenvalue weighted by molar-refractivity contribution is 5.81. The summed E-state index contributed by atoms with van der Waals surface area (Å²) < 4.78 is 38.0. The third kappa shape index (κ3) is 5.30. The Morgan fingerprint density at radius 1 is 0.929 bits per heavy atom. The molecule has 0 atom stereocenters. The van der Waals surface area contributed by atoms with E-state index in [9.17, 15) is 8.78 Å². The molecule has 0 bridgehead atoms. The van der Waals surface area contributed by atoms with Gasteiger partial charge in [0.1, 0.15) is 18.2 Å². The van der Waals surface area contributed by atoms with Crippen molar-refractivity contribution in [1.82, 2.24) is 0 Å². The number of hydrogen-bond acceptors (Lipinski definition) is 4. The fourth-order valence-corrected chi connectivity index (χ4v) is 2.47. The Morgan fingerprint density at radius 3 is 2.46 bits per heavy atom. The Labute approximate surface area is 162 Å². The number of halogens is 2. The number of hydrazone groups is 1. The van der Waals surface area contributed by atoms with Crippen LogP contribution in [0.1, 0.15) is 18.1 Å². The molecule has 144 valence electrons. The minimum absolute atomic E-state index is 0.103. The van der Waals surface area contributed by atoms with Crippen molar-refractivity contribution in [2.24, 2.45) is 5.10 Å². The number of hydrogen-bond donors (Lipinski definition) is 1. The topological polar surface area (TPSA) is 42.8 Å². The van der Waals surface area contributed by atoms with Crippen molar-refractivity contribution in [3.63, 3.8) is 0 Å². The lowest BCUT2D eigenvalue weighted by Gasteiger charge is -2.13. The Bertz CT molecular complexity index is 944. The SMILES string of the molecule is CCOc1cc(/C=N/Nc2ccc(F)cc2)ccc1OCc1ccccc1F. The lowest BCUT2D eigenvalue weighted by atomic mass is 10.2. The van der Waals surface area contributed by atoms with E-state index in [4.69, 9.17) is 9.47 Å². The zero-order chi connectivity index (χ0) is 19.8. The number of nitrogens with zero attached hydrogens (tertiary/aromatic N) is 1. The second-order valence-corrected chi connectivity index (χ2v) is 5.90. The molecule has 0 aliphatic heterocycles. The number of benzene rings is 3. The van der Waals surface area contributed by atoms with Crippen LogP contribution in [0.3, 0.4) is 0 Å². The summed E-state index contributed by atoms with van der Waals surface area (Å²) in [5.74, 6) is 0.455. The van der Waals surface area contributed by atoms with Crippen LogP contribution in [-0.4, -0.2) is 12.8 Å². The van der Waals surface area contributed by atoms with E-state index in [1.54, 1.807) is 48.7 Å². The molecular weight excluding hydrogens is 362 g/mol. The van der Waals surface area contributed by atoms with Crippen molar-refractivity contribution < 1.29 is 18.3 Å². The second kappa shape index (κ2) is 9.50. The maximum absolute atomic E-state index is 13.8. The van der Waals surface area contributed by atoms with Crippen molar-refractivity contribution in [2.45, 2.75) is 13.5 Å². The number of ether oxygens (including phenoxy) is 2. The predicted molar refractivity (Wildman–Crippen MR) is 106 cm³/mol. The van der Waals surface area contributed by atoms with Gasteiger partial charge in [0, 0.05) is 5.56 Å². The zero-order valence-corrected chi connectivity index (χ0v) is 15.4. The van der Waals surface area contributed by atoms with Crippen LogP contribution in [0, 0.1) is 11.6 Å². The van der Waals surface area contributed by atoms with Crippen molar-refractivity contribution in [2.75, 3.05) is 12.0 Å². The molecule has 0 unspecified atom stereocenters. The Morgan fingerprint density at radius 2 is 1.71 bits per heavy atom. The van der Waals surface area contributed by atoms with Gasteiger partial charge in [0.25, 0.3) is 0 Å². The van der Waals surface area contributed by atoms with Gasteiger partial charge in [-0.3, -0.25) is 5.43 Å². The number of nitrogens with one attached hydrogen (secondary N) is 1. The number of anilines is 1. The monoisotopic (exact) mass is 382 g/mol. The van der Waals surface area contributed by atoms with E-state index in [0.29, 0.717) is 29.4 Å². The summed E-state index contributed by atoms with van der Waals surface area (Å²) in [6.45, 7) is 2.44. The summed E-state index contributed by atoms with van der Waals surface area (Å²) >= 11 is 0. The summed E-state index contributed by atoms with van der Waals surface area (Å²) in [5.41, 5.74) is 4.76. The molecule has 0 aromatic heterocycles. The summed E-state index contributed by atoms with van der Waals surface area (Å²) in [7, 11) is 0. The largest absolute Gasteiger partial charge is 0.490 e. The molecule has 0 saturated heterocycles. The van der Waals surface area contributed by atoms with E-state index in [1.165, 1.54) is 18.2 Å². The van der Waals surface area contributed by atoms with E-state index >= 15 is 0 Å². The Kier molecular flexibility index (Phi) is 6.57. The smallest absolute Gasteiger partial charge is 0.161 e. The average molecular weight is 382 g/mol. The molecule has 0 heterocycles. The van der Waals surface area contributed by atoms with Crippen LogP contribution in [0.4, 0.5) is 14.5 Å². The number of rotatable bonds is 8. The van der Waals surface area contributed by atoms with Gasteiger partial charge in [0.05, 0.1) is 18.5 Å². The van der Waals surface area contributed by atoms with Gasteiger partial charge in [0.2, 0.25) is 0 Å². The maximum Gasteiger partial charge on any atom is 0.161 e. The molecule has 3 aromatic rings. The van der Waals surface area contributed by atoms with Crippen LogP contribution in [0.5, 0.6) is 11.5 Å². The normalized spacial score (nSPS) is 10.8. The third-order valence-electron chi connectivity index (χ3n) is 3.86. The molecule has 0 amide bonds. The van der Waals surface area contributed by atoms with Crippen LogP contribution in [-0.2, 0) is 6.61 Å². The summed E-state index contributed by atoms with van der Waals surface area (Å²) in [4.78, 5) is 0. The van der Waals surface area contributed by atoms with Crippen LogP contribution in [0.2, 0.25) is 0 Å². The van der Waals surface area contributed by atoms with Gasteiger partial charge >= 0.3 is 0 Å². The molecule has 3 aromatic carbocycles. The van der Waals surface area contributed by atoms with E-state index in [2.05, 4.69) is 10.5 Å². The van der Waals surface area contributed by atoms with E-state index in [1.807, 2.05) is 13.0 Å². The molecule has 1 N–H and O–H groups in total. The molecular formula is C22H20F2N2O2. The fourth-order valence-electron chi connectivity index (χ4n) is 2.47. The summed E-state index contributed by atoms with van der Waals surface area (Å²) in [6, 6.07) is 17.7. The maximum atomic E-state index is 13.8. The van der Waals surface area contributed by atoms with E-state index in [-0.39, 0.29) is 18.2 Å². The molecule has 0 aliphatic rings. The molecule has 0 spiro atoms. The first-order valence-corrected chi connectivity index (χ1v) is 8.83. The van der Waals surface area contributed by atoms with E-state index in [0.717, 1.165) is 5.56 Å². The second-order valence-electron chi connectivity index (χ2n) is 5.90. The van der Waals surface area contributed by atoms with Gasteiger partial charge in [-0.15, -0.1) is 0 Å². The van der Waals surface area contributed by atoms with E-state index < -0.39 is 0 Å². The molecule has 3 rings (SSSR count). The highest BCUT2D eigenvalue weighted by Gasteiger charge is 2.08. The fraction of sp³-hybridized carbons (Fsp3) is 0.136. The van der Waals surface area contributed by atoms with Gasteiger partial charge in [-0.05, 0) is 61.0 Å². The van der Waals surface area contributed by atoms with Crippen molar-refractivity contribution in [3.05, 3.63) is 89.5 Å². The van der Waals surface area contributed by atoms with Gasteiger partial charge in [0.15, 0.2) is 11.5 Å². The lowest BCUT2D eigenvalue weighted by Crippen LogP contribution is -2.02. The minimum atomic E-state index is -0.309. The molecule has 4 nitrogen and oxygen atoms in total.